The molecule has 4 heteroatoms. The molecule has 0 bridgehead atoms. The van der Waals surface area contributed by atoms with E-state index in [9.17, 15) is 4.79 Å². The summed E-state index contributed by atoms with van der Waals surface area (Å²) < 4.78 is 0.306. The first kappa shape index (κ1) is 12.1. The summed E-state index contributed by atoms with van der Waals surface area (Å²) in [7, 11) is 0. The minimum Gasteiger partial charge on any atom is -0.411 e. The summed E-state index contributed by atoms with van der Waals surface area (Å²) >= 11 is 2.90. The predicted molar refractivity (Wildman–Crippen MR) is 33.4 cm³/mol. The molecule has 9 heavy (non-hydrogen) atoms. The third-order valence-corrected chi connectivity index (χ3v) is 1.38. The van der Waals surface area contributed by atoms with Crippen LogP contribution in [-0.2, 0) is 23.4 Å². The maximum atomic E-state index is 10.3. The molecular formula is C5H6BrO2V-. The number of aliphatic hydroxyl groups is 1. The maximum absolute atomic E-state index is 10.3. The number of rotatable bonds is 2. The van der Waals surface area contributed by atoms with Gasteiger partial charge in [-0.15, -0.1) is 4.48 Å². The number of hydrogen-bond acceptors (Lipinski definition) is 2. The number of carbonyl (C=O) groups excluding carboxylic acids is 1. The fourth-order valence-electron chi connectivity index (χ4n) is 0.194. The minimum absolute atomic E-state index is 0. The Morgan fingerprint density at radius 1 is 1.78 bits per heavy atom. The maximum Gasteiger partial charge on any atom is 0.0111 e. The quantitative estimate of drug-likeness (QED) is 0.557. The third-order valence-electron chi connectivity index (χ3n) is 0.543. The van der Waals surface area contributed by atoms with Gasteiger partial charge in [0.25, 0.3) is 0 Å². The number of aliphatic hydroxyl groups excluding tert-OH is 1. The van der Waals surface area contributed by atoms with Crippen molar-refractivity contribution < 1.29 is 28.5 Å². The van der Waals surface area contributed by atoms with E-state index < -0.39 is 0 Å². The smallest absolute Gasteiger partial charge is 0.0111 e. The normalized spacial score (nSPS) is 10.3. The molecule has 2 nitrogen and oxygen atoms in total. The molecule has 0 fully saturated rings. The molecule has 0 rings (SSSR count). The average Bonchev–Trinajstić information content (AvgIpc) is 1.67. The molecule has 0 aromatic heterocycles. The first-order chi connectivity index (χ1) is 3.68. The Hall–Kier alpha value is 0.434. The molecule has 0 saturated heterocycles. The fraction of sp³-hybridized carbons (Fsp3) is 0.400. The van der Waals surface area contributed by atoms with Crippen molar-refractivity contribution in [2.24, 2.45) is 0 Å². The molecule has 0 aromatic carbocycles. The van der Waals surface area contributed by atoms with Crippen molar-refractivity contribution in [3.05, 3.63) is 10.6 Å². The summed E-state index contributed by atoms with van der Waals surface area (Å²) in [5, 5.41) is 8.17. The standard InChI is InChI=1S/C5H6BrO2.V/c1-4(8)5(6)2-3-7;/h7H,3H2,1H3;/q-1;. The van der Waals surface area contributed by atoms with Crippen molar-refractivity contribution in [3.8, 4) is 0 Å². The Kier molecular flexibility index (Phi) is 8.84. The van der Waals surface area contributed by atoms with Gasteiger partial charge in [-0.1, -0.05) is 22.9 Å². The van der Waals surface area contributed by atoms with Gasteiger partial charge in [0.1, 0.15) is 0 Å². The second-order valence-corrected chi connectivity index (χ2v) is 2.00. The van der Waals surface area contributed by atoms with E-state index in [2.05, 4.69) is 22.0 Å². The molecule has 0 aromatic rings. The molecule has 0 heterocycles. The summed E-state index contributed by atoms with van der Waals surface area (Å²) in [5.74, 6) is -0.126. The van der Waals surface area contributed by atoms with Gasteiger partial charge in [-0.25, -0.2) is 6.08 Å². The number of allylic oxidation sites excluding steroid dienone is 1. The van der Waals surface area contributed by atoms with Crippen LogP contribution < -0.4 is 0 Å². The zero-order valence-corrected chi connectivity index (χ0v) is 7.87. The summed E-state index contributed by atoms with van der Waals surface area (Å²) in [6.45, 7) is 1.17. The van der Waals surface area contributed by atoms with Crippen molar-refractivity contribution in [1.82, 2.24) is 0 Å². The van der Waals surface area contributed by atoms with Gasteiger partial charge in [0.2, 0.25) is 0 Å². The van der Waals surface area contributed by atoms with Crippen LogP contribution in [0.2, 0.25) is 0 Å². The molecule has 0 atom stereocenters. The van der Waals surface area contributed by atoms with Gasteiger partial charge in [-0.3, -0.25) is 0 Å². The number of carbonyl (C=O) groups is 1. The van der Waals surface area contributed by atoms with E-state index in [1.54, 1.807) is 0 Å². The molecule has 1 N–H and O–H groups in total. The Morgan fingerprint density at radius 3 is 2.33 bits per heavy atom. The van der Waals surface area contributed by atoms with Gasteiger partial charge >= 0.3 is 0 Å². The van der Waals surface area contributed by atoms with E-state index in [1.165, 1.54) is 6.92 Å². The van der Waals surface area contributed by atoms with Gasteiger partial charge in [0, 0.05) is 24.3 Å². The van der Waals surface area contributed by atoms with Crippen molar-refractivity contribution in [2.75, 3.05) is 6.61 Å². The molecule has 0 aliphatic heterocycles. The second-order valence-electron chi connectivity index (χ2n) is 1.21. The Balaban J connectivity index is 0. The Bertz CT molecular complexity index is 122. The first-order valence-electron chi connectivity index (χ1n) is 2.06. The van der Waals surface area contributed by atoms with Crippen LogP contribution in [0.25, 0.3) is 0 Å². The van der Waals surface area contributed by atoms with Crippen LogP contribution in [0.15, 0.2) is 4.48 Å². The van der Waals surface area contributed by atoms with Crippen LogP contribution in [0.4, 0.5) is 0 Å². The van der Waals surface area contributed by atoms with Crippen molar-refractivity contribution in [1.29, 1.82) is 0 Å². The topological polar surface area (TPSA) is 37.3 Å². The monoisotopic (exact) mass is 228 g/mol. The second kappa shape index (κ2) is 6.55. The van der Waals surface area contributed by atoms with E-state index in [0.717, 1.165) is 0 Å². The van der Waals surface area contributed by atoms with Gasteiger partial charge in [0.15, 0.2) is 0 Å². The van der Waals surface area contributed by atoms with Crippen LogP contribution in [-0.4, -0.2) is 17.5 Å². The number of halogens is 1. The molecule has 0 saturated carbocycles. The number of hydrogen-bond donors (Lipinski definition) is 1. The van der Waals surface area contributed by atoms with Crippen molar-refractivity contribution >= 4 is 21.7 Å². The van der Waals surface area contributed by atoms with Crippen LogP contribution in [0, 0.1) is 6.08 Å². The molecule has 0 spiro atoms. The molecule has 51 valence electrons. The van der Waals surface area contributed by atoms with E-state index in [1.807, 2.05) is 0 Å². The van der Waals surface area contributed by atoms with Gasteiger partial charge < -0.3 is 9.90 Å². The van der Waals surface area contributed by atoms with Crippen LogP contribution in [0.5, 0.6) is 0 Å². The summed E-state index contributed by atoms with van der Waals surface area (Å²) in [5.41, 5.74) is 0. The van der Waals surface area contributed by atoms with Crippen LogP contribution in [0.1, 0.15) is 6.92 Å². The van der Waals surface area contributed by atoms with E-state index in [-0.39, 0.29) is 30.9 Å². The molecule has 0 amide bonds. The van der Waals surface area contributed by atoms with E-state index in [0.29, 0.717) is 4.48 Å². The first-order valence-corrected chi connectivity index (χ1v) is 2.86. The van der Waals surface area contributed by atoms with Gasteiger partial charge in [0.05, 0.1) is 0 Å². The van der Waals surface area contributed by atoms with Crippen LogP contribution >= 0.6 is 15.9 Å². The molecule has 0 aliphatic rings. The SMILES string of the molecule is CC(=O)C(Br)=[C-]CO.[V]. The third kappa shape index (κ3) is 6.32. The van der Waals surface area contributed by atoms with E-state index >= 15 is 0 Å². The summed E-state index contributed by atoms with van der Waals surface area (Å²) in [4.78, 5) is 10.3. The molecule has 0 aliphatic carbocycles. The van der Waals surface area contributed by atoms with Crippen LogP contribution in [0.3, 0.4) is 0 Å². The number of ketones is 1. The largest absolute Gasteiger partial charge is 0.411 e. The number of Topliss-reactive ketones (excluding diaryl/α,β-unsaturated/α-hetero) is 1. The van der Waals surface area contributed by atoms with Gasteiger partial charge in [-0.2, -0.15) is 0 Å². The van der Waals surface area contributed by atoms with Crippen molar-refractivity contribution in [3.63, 3.8) is 0 Å². The van der Waals surface area contributed by atoms with E-state index in [4.69, 9.17) is 5.11 Å². The average molecular weight is 229 g/mol. The Labute approximate surface area is 74.3 Å². The fourth-order valence-corrected chi connectivity index (χ4v) is 0.319. The molecule has 0 unspecified atom stereocenters. The van der Waals surface area contributed by atoms with Gasteiger partial charge in [-0.05, 0) is 6.61 Å². The minimum atomic E-state index is -0.222. The molecule has 1 radical (unpaired) electrons. The summed E-state index contributed by atoms with van der Waals surface area (Å²) in [6, 6.07) is 0. The Morgan fingerprint density at radius 2 is 2.22 bits per heavy atom. The zero-order valence-electron chi connectivity index (χ0n) is 4.89. The zero-order chi connectivity index (χ0) is 6.57. The van der Waals surface area contributed by atoms with Crippen molar-refractivity contribution in [2.45, 2.75) is 6.92 Å². The summed E-state index contributed by atoms with van der Waals surface area (Å²) in [6.07, 6.45) is 2.38. The predicted octanol–water partition coefficient (Wildman–Crippen LogP) is 0.647. The molecular weight excluding hydrogens is 223 g/mol.